The smallest absolute Gasteiger partial charge is 0.306 e. The molecule has 1 aliphatic carbocycles. The van der Waals surface area contributed by atoms with Gasteiger partial charge in [-0.3, -0.25) is 19.3 Å². The Morgan fingerprint density at radius 2 is 2.00 bits per heavy atom. The van der Waals surface area contributed by atoms with E-state index in [2.05, 4.69) is 0 Å². The Kier molecular flexibility index (Phi) is 3.41. The number of amides is 2. The number of hydrogen-bond acceptors (Lipinski definition) is 3. The highest BCUT2D eigenvalue weighted by Crippen LogP contribution is 2.43. The third-order valence-electron chi connectivity index (χ3n) is 4.89. The van der Waals surface area contributed by atoms with Gasteiger partial charge < -0.3 is 5.11 Å². The van der Waals surface area contributed by atoms with Crippen LogP contribution in [0.5, 0.6) is 0 Å². The molecular weight excluding hydrogens is 246 g/mol. The first-order chi connectivity index (χ1) is 8.77. The summed E-state index contributed by atoms with van der Waals surface area (Å²) < 4.78 is 0. The van der Waals surface area contributed by atoms with Crippen molar-refractivity contribution in [1.82, 2.24) is 4.90 Å². The largest absolute Gasteiger partial charge is 0.481 e. The number of aliphatic carboxylic acids is 1. The van der Waals surface area contributed by atoms with Crippen LogP contribution < -0.4 is 0 Å². The lowest BCUT2D eigenvalue weighted by Crippen LogP contribution is -2.42. The minimum Gasteiger partial charge on any atom is -0.481 e. The van der Waals surface area contributed by atoms with Crippen LogP contribution in [0.4, 0.5) is 0 Å². The molecular formula is C14H21NO4. The van der Waals surface area contributed by atoms with Gasteiger partial charge in [-0.05, 0) is 32.1 Å². The van der Waals surface area contributed by atoms with E-state index in [4.69, 9.17) is 5.11 Å². The molecule has 0 radical (unpaired) electrons. The Hall–Kier alpha value is -1.39. The van der Waals surface area contributed by atoms with Gasteiger partial charge in [-0.15, -0.1) is 0 Å². The van der Waals surface area contributed by atoms with Crippen LogP contribution in [-0.2, 0) is 14.4 Å². The van der Waals surface area contributed by atoms with E-state index in [0.29, 0.717) is 19.3 Å². The van der Waals surface area contributed by atoms with E-state index >= 15 is 0 Å². The lowest BCUT2D eigenvalue weighted by Gasteiger charge is -2.28. The molecule has 0 spiro atoms. The van der Waals surface area contributed by atoms with Gasteiger partial charge in [0.25, 0.3) is 0 Å². The zero-order valence-electron chi connectivity index (χ0n) is 11.7. The van der Waals surface area contributed by atoms with E-state index < -0.39 is 17.3 Å². The number of hydrogen-bond donors (Lipinski definition) is 1. The molecule has 2 fully saturated rings. The quantitative estimate of drug-likeness (QED) is 0.789. The summed E-state index contributed by atoms with van der Waals surface area (Å²) in [5.74, 6) is -1.41. The van der Waals surface area contributed by atoms with Crippen molar-refractivity contribution >= 4 is 17.8 Å². The molecule has 1 N–H and O–H groups in total. The minimum atomic E-state index is -0.826. The Balaban J connectivity index is 2.16. The Morgan fingerprint density at radius 3 is 2.42 bits per heavy atom. The number of carboxylic acids is 1. The number of imide groups is 1. The second-order valence-electron chi connectivity index (χ2n) is 6.32. The lowest BCUT2D eigenvalue weighted by molar-refractivity contribution is -0.146. The summed E-state index contributed by atoms with van der Waals surface area (Å²) in [6.45, 7) is 5.73. The molecule has 2 aliphatic rings. The Bertz CT molecular complexity index is 431. The van der Waals surface area contributed by atoms with Gasteiger partial charge in [-0.25, -0.2) is 0 Å². The molecule has 0 bridgehead atoms. The molecule has 5 nitrogen and oxygen atoms in total. The van der Waals surface area contributed by atoms with Gasteiger partial charge in [0.15, 0.2) is 0 Å². The number of rotatable bonds is 3. The van der Waals surface area contributed by atoms with Gasteiger partial charge in [0.2, 0.25) is 11.8 Å². The molecule has 5 heteroatoms. The first-order valence-electron chi connectivity index (χ1n) is 6.86. The predicted molar refractivity (Wildman–Crippen MR) is 68.2 cm³/mol. The summed E-state index contributed by atoms with van der Waals surface area (Å²) in [7, 11) is 0. The van der Waals surface area contributed by atoms with E-state index in [0.717, 1.165) is 0 Å². The maximum absolute atomic E-state index is 12.5. The Morgan fingerprint density at radius 1 is 1.37 bits per heavy atom. The second kappa shape index (κ2) is 4.62. The van der Waals surface area contributed by atoms with Crippen LogP contribution in [0.25, 0.3) is 0 Å². The number of likely N-dealkylation sites (tertiary alicyclic amines) is 1. The standard InChI is InChI=1S/C14H21NO4/c1-8(2)14(3)7-11(16)15(13(14)19)10-5-4-9(6-10)12(17)18/h8-10H,4-7H2,1-3H3,(H,17,18). The van der Waals surface area contributed by atoms with Gasteiger partial charge in [0.1, 0.15) is 0 Å². The van der Waals surface area contributed by atoms with Crippen LogP contribution in [-0.4, -0.2) is 33.8 Å². The summed E-state index contributed by atoms with van der Waals surface area (Å²) in [6, 6.07) is -0.221. The van der Waals surface area contributed by atoms with Gasteiger partial charge in [-0.1, -0.05) is 13.8 Å². The van der Waals surface area contributed by atoms with Crippen molar-refractivity contribution in [3.63, 3.8) is 0 Å². The van der Waals surface area contributed by atoms with Gasteiger partial charge in [0, 0.05) is 12.5 Å². The number of nitrogens with zero attached hydrogens (tertiary/aromatic N) is 1. The first-order valence-corrected chi connectivity index (χ1v) is 6.86. The zero-order valence-corrected chi connectivity index (χ0v) is 11.7. The number of carbonyl (C=O) groups is 3. The fraction of sp³-hybridized carbons (Fsp3) is 0.786. The van der Waals surface area contributed by atoms with Crippen molar-refractivity contribution in [3.8, 4) is 0 Å². The first kappa shape index (κ1) is 14.0. The molecule has 2 amide bonds. The van der Waals surface area contributed by atoms with Crippen LogP contribution >= 0.6 is 0 Å². The summed E-state index contributed by atoms with van der Waals surface area (Å²) in [5.41, 5.74) is -0.627. The van der Waals surface area contributed by atoms with E-state index in [9.17, 15) is 14.4 Å². The fourth-order valence-electron chi connectivity index (χ4n) is 3.10. The fourth-order valence-corrected chi connectivity index (χ4v) is 3.10. The van der Waals surface area contributed by atoms with E-state index in [1.165, 1.54) is 4.90 Å². The monoisotopic (exact) mass is 267 g/mol. The molecule has 3 atom stereocenters. The van der Waals surface area contributed by atoms with E-state index in [1.54, 1.807) is 0 Å². The maximum atomic E-state index is 12.5. The molecule has 1 saturated carbocycles. The molecule has 2 rings (SSSR count). The molecule has 1 heterocycles. The average molecular weight is 267 g/mol. The summed E-state index contributed by atoms with van der Waals surface area (Å²) in [5, 5.41) is 9.01. The van der Waals surface area contributed by atoms with Crippen LogP contribution in [0, 0.1) is 17.3 Å². The van der Waals surface area contributed by atoms with E-state index in [-0.39, 0.29) is 30.2 Å². The second-order valence-corrected chi connectivity index (χ2v) is 6.32. The molecule has 1 aliphatic heterocycles. The van der Waals surface area contributed by atoms with Crippen molar-refractivity contribution in [2.45, 2.75) is 52.5 Å². The molecule has 106 valence electrons. The van der Waals surface area contributed by atoms with E-state index in [1.807, 2.05) is 20.8 Å². The maximum Gasteiger partial charge on any atom is 0.306 e. The molecule has 0 aromatic carbocycles. The summed E-state index contributed by atoms with van der Waals surface area (Å²) in [6.07, 6.45) is 1.82. The highest BCUT2D eigenvalue weighted by Gasteiger charge is 2.53. The third kappa shape index (κ3) is 2.15. The Labute approximate surface area is 113 Å². The highest BCUT2D eigenvalue weighted by atomic mass is 16.4. The molecule has 3 unspecified atom stereocenters. The van der Waals surface area contributed by atoms with Crippen LogP contribution in [0.1, 0.15) is 46.5 Å². The normalized spacial score (nSPS) is 35.5. The average Bonchev–Trinajstić information content (AvgIpc) is 2.85. The highest BCUT2D eigenvalue weighted by molar-refractivity contribution is 6.06. The molecule has 0 aromatic rings. The van der Waals surface area contributed by atoms with Crippen molar-refractivity contribution < 1.29 is 19.5 Å². The molecule has 0 aromatic heterocycles. The van der Waals surface area contributed by atoms with Crippen molar-refractivity contribution in [1.29, 1.82) is 0 Å². The third-order valence-corrected chi connectivity index (χ3v) is 4.89. The van der Waals surface area contributed by atoms with Crippen LogP contribution in [0.3, 0.4) is 0 Å². The van der Waals surface area contributed by atoms with Crippen molar-refractivity contribution in [3.05, 3.63) is 0 Å². The lowest BCUT2D eigenvalue weighted by atomic mass is 9.78. The zero-order chi connectivity index (χ0) is 14.4. The SMILES string of the molecule is CC(C)C1(C)CC(=O)N(C2CCC(C(=O)O)C2)C1=O. The van der Waals surface area contributed by atoms with Gasteiger partial charge in [0.05, 0.1) is 11.3 Å². The minimum absolute atomic E-state index is 0.102. The summed E-state index contributed by atoms with van der Waals surface area (Å²) >= 11 is 0. The van der Waals surface area contributed by atoms with Crippen molar-refractivity contribution in [2.75, 3.05) is 0 Å². The van der Waals surface area contributed by atoms with Crippen molar-refractivity contribution in [2.24, 2.45) is 17.3 Å². The topological polar surface area (TPSA) is 74.7 Å². The molecule has 19 heavy (non-hydrogen) atoms. The van der Waals surface area contributed by atoms with Crippen LogP contribution in [0.15, 0.2) is 0 Å². The van der Waals surface area contributed by atoms with Gasteiger partial charge >= 0.3 is 5.97 Å². The van der Waals surface area contributed by atoms with Gasteiger partial charge in [-0.2, -0.15) is 0 Å². The number of carbonyl (C=O) groups excluding carboxylic acids is 2. The van der Waals surface area contributed by atoms with Crippen LogP contribution in [0.2, 0.25) is 0 Å². The summed E-state index contributed by atoms with van der Waals surface area (Å²) in [4.78, 5) is 36.9. The molecule has 1 saturated heterocycles. The number of carboxylic acid groups (broad SMARTS) is 1. The predicted octanol–water partition coefficient (Wildman–Crippen LogP) is 1.66.